The summed E-state index contributed by atoms with van der Waals surface area (Å²) in [5.41, 5.74) is 3.51. The predicted octanol–water partition coefficient (Wildman–Crippen LogP) is 4.97. The number of amides is 1. The van der Waals surface area contributed by atoms with Crippen molar-refractivity contribution in [1.82, 2.24) is 9.97 Å². The van der Waals surface area contributed by atoms with E-state index in [1.54, 1.807) is 24.3 Å². The third-order valence-corrected chi connectivity index (χ3v) is 5.47. The number of ketones is 1. The quantitative estimate of drug-likeness (QED) is 0.538. The van der Waals surface area contributed by atoms with Crippen molar-refractivity contribution in [3.8, 4) is 0 Å². The van der Waals surface area contributed by atoms with Crippen LogP contribution in [0.15, 0.2) is 54.6 Å². The van der Waals surface area contributed by atoms with E-state index < -0.39 is 0 Å². The second kappa shape index (κ2) is 9.60. The number of piperidine rings is 1. The Hall–Kier alpha value is -3.74. The molecule has 2 heterocycles. The minimum absolute atomic E-state index is 0.0271. The van der Waals surface area contributed by atoms with Crippen LogP contribution in [0.4, 0.5) is 23.1 Å². The van der Waals surface area contributed by atoms with Crippen LogP contribution in [0, 0.1) is 6.92 Å². The van der Waals surface area contributed by atoms with E-state index in [9.17, 15) is 9.59 Å². The van der Waals surface area contributed by atoms with Gasteiger partial charge in [0.25, 0.3) is 5.91 Å². The van der Waals surface area contributed by atoms with Gasteiger partial charge < -0.3 is 15.5 Å². The van der Waals surface area contributed by atoms with Gasteiger partial charge in [-0.3, -0.25) is 9.59 Å². The lowest BCUT2D eigenvalue weighted by Gasteiger charge is -2.28. The number of benzene rings is 2. The fourth-order valence-corrected chi connectivity index (χ4v) is 3.72. The average Bonchev–Trinajstić information content (AvgIpc) is 2.80. The van der Waals surface area contributed by atoms with Gasteiger partial charge in [-0.25, -0.2) is 4.98 Å². The molecule has 0 aliphatic carbocycles. The monoisotopic (exact) mass is 429 g/mol. The second-order valence-electron chi connectivity index (χ2n) is 8.03. The van der Waals surface area contributed by atoms with Crippen molar-refractivity contribution in [3.05, 3.63) is 71.4 Å². The van der Waals surface area contributed by atoms with Crippen LogP contribution in [-0.4, -0.2) is 34.7 Å². The van der Waals surface area contributed by atoms with Crippen molar-refractivity contribution in [2.45, 2.75) is 33.1 Å². The van der Waals surface area contributed by atoms with Gasteiger partial charge in [-0.2, -0.15) is 4.98 Å². The fourth-order valence-electron chi connectivity index (χ4n) is 3.72. The third kappa shape index (κ3) is 5.29. The molecule has 7 heteroatoms. The van der Waals surface area contributed by atoms with Crippen molar-refractivity contribution >= 4 is 34.8 Å². The van der Waals surface area contributed by atoms with Crippen molar-refractivity contribution < 1.29 is 9.59 Å². The van der Waals surface area contributed by atoms with E-state index in [4.69, 9.17) is 4.98 Å². The topological polar surface area (TPSA) is 87.2 Å². The number of anilines is 4. The lowest BCUT2D eigenvalue weighted by molar-refractivity contribution is 0.101. The Morgan fingerprint density at radius 1 is 0.844 bits per heavy atom. The summed E-state index contributed by atoms with van der Waals surface area (Å²) >= 11 is 0. The Balaban J connectivity index is 1.41. The summed E-state index contributed by atoms with van der Waals surface area (Å²) in [6.07, 6.45) is 3.66. The highest BCUT2D eigenvalue weighted by Crippen LogP contribution is 2.22. The van der Waals surface area contributed by atoms with Crippen LogP contribution < -0.4 is 15.5 Å². The zero-order valence-corrected chi connectivity index (χ0v) is 18.4. The van der Waals surface area contributed by atoms with E-state index in [-0.39, 0.29) is 11.7 Å². The Kier molecular flexibility index (Phi) is 6.44. The third-order valence-electron chi connectivity index (χ3n) is 5.47. The normalized spacial score (nSPS) is 13.5. The Bertz CT molecular complexity index is 1100. The summed E-state index contributed by atoms with van der Waals surface area (Å²) in [4.78, 5) is 35.4. The van der Waals surface area contributed by atoms with Gasteiger partial charge in [-0.1, -0.05) is 12.1 Å². The second-order valence-corrected chi connectivity index (χ2v) is 8.03. The SMILES string of the molecule is CC(=O)c1ccc(C(=O)Nc2ccc(Nc3nc(C)cc(N4CCCCC4)n3)cc2)cc1. The van der Waals surface area contributed by atoms with E-state index in [2.05, 4.69) is 20.5 Å². The summed E-state index contributed by atoms with van der Waals surface area (Å²) in [5.74, 6) is 1.27. The molecular formula is C25H27N5O2. The Morgan fingerprint density at radius 2 is 1.47 bits per heavy atom. The van der Waals surface area contributed by atoms with Crippen LogP contribution in [-0.2, 0) is 0 Å². The highest BCUT2D eigenvalue weighted by molar-refractivity contribution is 6.05. The zero-order chi connectivity index (χ0) is 22.5. The molecule has 32 heavy (non-hydrogen) atoms. The van der Waals surface area contributed by atoms with Crippen molar-refractivity contribution in [2.75, 3.05) is 28.6 Å². The largest absolute Gasteiger partial charge is 0.356 e. The van der Waals surface area contributed by atoms with Crippen LogP contribution in [0.5, 0.6) is 0 Å². The molecule has 0 unspecified atom stereocenters. The molecule has 0 saturated carbocycles. The predicted molar refractivity (Wildman–Crippen MR) is 127 cm³/mol. The van der Waals surface area contributed by atoms with Gasteiger partial charge in [0.15, 0.2) is 5.78 Å². The average molecular weight is 430 g/mol. The van der Waals surface area contributed by atoms with E-state index >= 15 is 0 Å². The Morgan fingerprint density at radius 3 is 2.12 bits per heavy atom. The minimum atomic E-state index is -0.228. The minimum Gasteiger partial charge on any atom is -0.356 e. The summed E-state index contributed by atoms with van der Waals surface area (Å²) in [7, 11) is 0. The van der Waals surface area contributed by atoms with E-state index in [1.807, 2.05) is 37.3 Å². The molecule has 4 rings (SSSR count). The van der Waals surface area contributed by atoms with Crippen molar-refractivity contribution in [1.29, 1.82) is 0 Å². The molecule has 1 aliphatic rings. The molecule has 1 saturated heterocycles. The van der Waals surface area contributed by atoms with Crippen LogP contribution in [0.25, 0.3) is 0 Å². The highest BCUT2D eigenvalue weighted by atomic mass is 16.1. The first-order valence-corrected chi connectivity index (χ1v) is 10.9. The van der Waals surface area contributed by atoms with Crippen LogP contribution in [0.2, 0.25) is 0 Å². The summed E-state index contributed by atoms with van der Waals surface area (Å²) in [6.45, 7) is 5.53. The van der Waals surface area contributed by atoms with Gasteiger partial charge in [0.1, 0.15) is 5.82 Å². The number of hydrogen-bond donors (Lipinski definition) is 2. The lowest BCUT2D eigenvalue weighted by Crippen LogP contribution is -2.30. The van der Waals surface area contributed by atoms with E-state index in [0.29, 0.717) is 22.8 Å². The molecule has 164 valence electrons. The highest BCUT2D eigenvalue weighted by Gasteiger charge is 2.14. The van der Waals surface area contributed by atoms with Crippen LogP contribution in [0.3, 0.4) is 0 Å². The standard InChI is InChI=1S/C25H27N5O2/c1-17-16-23(30-14-4-3-5-15-30)29-25(26-17)28-22-12-10-21(11-13-22)27-24(32)20-8-6-19(7-9-20)18(2)31/h6-13,16H,3-5,14-15H2,1-2H3,(H,27,32)(H,26,28,29). The van der Waals surface area contributed by atoms with Crippen LogP contribution in [0.1, 0.15) is 52.6 Å². The molecule has 1 amide bonds. The maximum atomic E-state index is 12.5. The Labute approximate surface area is 187 Å². The number of Topliss-reactive ketones (excluding diaryl/α,β-unsaturated/α-hetero) is 1. The summed E-state index contributed by atoms with van der Waals surface area (Å²) < 4.78 is 0. The van der Waals surface area contributed by atoms with Gasteiger partial charge in [-0.15, -0.1) is 0 Å². The number of carbonyl (C=O) groups excluding carboxylic acids is 2. The lowest BCUT2D eigenvalue weighted by atomic mass is 10.1. The van der Waals surface area contributed by atoms with E-state index in [0.717, 1.165) is 30.3 Å². The van der Waals surface area contributed by atoms with Gasteiger partial charge >= 0.3 is 0 Å². The fraction of sp³-hybridized carbons (Fsp3) is 0.280. The molecule has 1 aromatic heterocycles. The molecule has 3 aromatic rings. The van der Waals surface area contributed by atoms with Crippen molar-refractivity contribution in [2.24, 2.45) is 0 Å². The van der Waals surface area contributed by atoms with Gasteiger partial charge in [-0.05, 0) is 69.5 Å². The number of rotatable bonds is 6. The molecule has 0 spiro atoms. The number of aromatic nitrogens is 2. The van der Waals surface area contributed by atoms with Gasteiger partial charge in [0.2, 0.25) is 5.95 Å². The number of carbonyl (C=O) groups is 2. The molecule has 7 nitrogen and oxygen atoms in total. The van der Waals surface area contributed by atoms with Crippen molar-refractivity contribution in [3.63, 3.8) is 0 Å². The molecule has 1 fully saturated rings. The maximum absolute atomic E-state index is 12.5. The van der Waals surface area contributed by atoms with Gasteiger partial charge in [0.05, 0.1) is 0 Å². The van der Waals surface area contributed by atoms with Crippen LogP contribution >= 0.6 is 0 Å². The van der Waals surface area contributed by atoms with E-state index in [1.165, 1.54) is 26.2 Å². The first kappa shape index (κ1) is 21.5. The first-order chi connectivity index (χ1) is 15.5. The molecule has 1 aliphatic heterocycles. The smallest absolute Gasteiger partial charge is 0.255 e. The van der Waals surface area contributed by atoms with Gasteiger partial charge in [0, 0.05) is 47.4 Å². The summed E-state index contributed by atoms with van der Waals surface area (Å²) in [5, 5.41) is 6.13. The number of nitrogens with one attached hydrogen (secondary N) is 2. The molecule has 0 bridgehead atoms. The molecule has 0 atom stereocenters. The maximum Gasteiger partial charge on any atom is 0.255 e. The number of hydrogen-bond acceptors (Lipinski definition) is 6. The molecule has 0 radical (unpaired) electrons. The summed E-state index contributed by atoms with van der Waals surface area (Å²) in [6, 6.07) is 16.0. The number of nitrogens with zero attached hydrogens (tertiary/aromatic N) is 3. The first-order valence-electron chi connectivity index (χ1n) is 10.9. The number of aryl methyl sites for hydroxylation is 1. The zero-order valence-electron chi connectivity index (χ0n) is 18.4. The molecular weight excluding hydrogens is 402 g/mol. The molecule has 2 N–H and O–H groups in total. The molecule has 2 aromatic carbocycles.